The molecule has 10 heteroatoms. The maximum atomic E-state index is 12.8. The highest BCUT2D eigenvalue weighted by atomic mass is 32.2. The molecule has 182 valence electrons. The molecule has 1 saturated heterocycles. The second kappa shape index (κ2) is 10.8. The lowest BCUT2D eigenvalue weighted by molar-refractivity contribution is -0.148. The SMILES string of the molecule is CC(OC(=O)/C=C/c1ccc2ccccc2n1)C(=O)Nc1cccc(S(=O)(=O)N2CCOCC2)c1. The van der Waals surface area contributed by atoms with Crippen molar-refractivity contribution < 1.29 is 27.5 Å². The van der Waals surface area contributed by atoms with Crippen LogP contribution in [0.3, 0.4) is 0 Å². The van der Waals surface area contributed by atoms with Gasteiger partial charge in [-0.2, -0.15) is 4.31 Å². The van der Waals surface area contributed by atoms with Crippen LogP contribution in [0, 0.1) is 0 Å². The minimum absolute atomic E-state index is 0.0627. The van der Waals surface area contributed by atoms with Crippen LogP contribution >= 0.6 is 0 Å². The normalized spacial score (nSPS) is 15.7. The van der Waals surface area contributed by atoms with E-state index in [9.17, 15) is 18.0 Å². The topological polar surface area (TPSA) is 115 Å². The standard InChI is InChI=1S/C25H25N3O6S/c1-18(34-24(29)12-11-20-10-9-19-5-2-3-8-23(19)26-20)25(30)27-21-6-4-7-22(17-21)35(31,32)28-13-15-33-16-14-28/h2-12,17-18H,13-16H2,1H3,(H,27,30)/b12-11+. The quantitative estimate of drug-likeness (QED) is 0.396. The van der Waals surface area contributed by atoms with Gasteiger partial charge in [0.15, 0.2) is 6.10 Å². The summed E-state index contributed by atoms with van der Waals surface area (Å²) in [6.45, 7) is 2.65. The van der Waals surface area contributed by atoms with Crippen molar-refractivity contribution >= 4 is 44.6 Å². The van der Waals surface area contributed by atoms with Crippen molar-refractivity contribution in [2.24, 2.45) is 0 Å². The van der Waals surface area contributed by atoms with Gasteiger partial charge >= 0.3 is 5.97 Å². The van der Waals surface area contributed by atoms with Gasteiger partial charge in [-0.1, -0.05) is 30.3 Å². The molecule has 1 amide bonds. The van der Waals surface area contributed by atoms with Gasteiger partial charge in [0.1, 0.15) is 0 Å². The van der Waals surface area contributed by atoms with E-state index in [1.54, 1.807) is 18.2 Å². The number of anilines is 1. The zero-order valence-electron chi connectivity index (χ0n) is 19.1. The molecule has 0 saturated carbocycles. The average molecular weight is 496 g/mol. The Hall–Kier alpha value is -3.60. The molecule has 9 nitrogen and oxygen atoms in total. The third-order valence-corrected chi connectivity index (χ3v) is 7.28. The predicted octanol–water partition coefficient (Wildman–Crippen LogP) is 2.84. The minimum Gasteiger partial charge on any atom is -0.449 e. The monoisotopic (exact) mass is 495 g/mol. The number of amides is 1. The number of fused-ring (bicyclic) bond motifs is 1. The number of esters is 1. The van der Waals surface area contributed by atoms with Crippen LogP contribution in [0.25, 0.3) is 17.0 Å². The van der Waals surface area contributed by atoms with Gasteiger partial charge in [-0.15, -0.1) is 0 Å². The summed E-state index contributed by atoms with van der Waals surface area (Å²) in [5, 5.41) is 3.58. The Morgan fingerprint density at radius 2 is 1.86 bits per heavy atom. The fraction of sp³-hybridized carbons (Fsp3) is 0.240. The molecule has 1 aromatic heterocycles. The molecule has 3 aromatic rings. The second-order valence-electron chi connectivity index (χ2n) is 7.87. The summed E-state index contributed by atoms with van der Waals surface area (Å²) >= 11 is 0. The number of aromatic nitrogens is 1. The number of hydrogen-bond acceptors (Lipinski definition) is 7. The molecule has 4 rings (SSSR count). The van der Waals surface area contributed by atoms with Crippen molar-refractivity contribution in [2.45, 2.75) is 17.9 Å². The highest BCUT2D eigenvalue weighted by molar-refractivity contribution is 7.89. The van der Waals surface area contributed by atoms with Gasteiger partial charge in [-0.25, -0.2) is 18.2 Å². The Labute approximate surface area is 203 Å². The van der Waals surface area contributed by atoms with E-state index in [0.717, 1.165) is 10.9 Å². The number of sulfonamides is 1. The lowest BCUT2D eigenvalue weighted by atomic mass is 10.2. The van der Waals surface area contributed by atoms with Crippen molar-refractivity contribution in [3.05, 3.63) is 72.4 Å². The number of para-hydroxylation sites is 1. The number of carbonyl (C=O) groups is 2. The van der Waals surface area contributed by atoms with E-state index in [1.807, 2.05) is 30.3 Å². The molecule has 1 N–H and O–H groups in total. The van der Waals surface area contributed by atoms with E-state index in [2.05, 4.69) is 10.3 Å². The predicted molar refractivity (Wildman–Crippen MR) is 131 cm³/mol. The first-order valence-electron chi connectivity index (χ1n) is 11.1. The van der Waals surface area contributed by atoms with Crippen molar-refractivity contribution in [3.63, 3.8) is 0 Å². The van der Waals surface area contributed by atoms with Crippen LogP contribution in [0.5, 0.6) is 0 Å². The summed E-state index contributed by atoms with van der Waals surface area (Å²) < 4.78 is 37.4. The summed E-state index contributed by atoms with van der Waals surface area (Å²) in [5.74, 6) is -1.29. The van der Waals surface area contributed by atoms with Gasteiger partial charge in [0.2, 0.25) is 10.0 Å². The van der Waals surface area contributed by atoms with Crippen LogP contribution in [0.15, 0.2) is 71.6 Å². The fourth-order valence-corrected chi connectivity index (χ4v) is 4.96. The van der Waals surface area contributed by atoms with E-state index in [1.165, 1.54) is 35.5 Å². The molecule has 0 bridgehead atoms. The van der Waals surface area contributed by atoms with Crippen molar-refractivity contribution in [2.75, 3.05) is 31.6 Å². The molecule has 0 aliphatic carbocycles. The Balaban J connectivity index is 1.36. The molecule has 1 aliphatic heterocycles. The van der Waals surface area contributed by atoms with Crippen molar-refractivity contribution in [1.82, 2.24) is 9.29 Å². The molecular weight excluding hydrogens is 470 g/mol. The summed E-state index contributed by atoms with van der Waals surface area (Å²) in [5.41, 5.74) is 1.66. The summed E-state index contributed by atoms with van der Waals surface area (Å²) in [6, 6.07) is 17.2. The van der Waals surface area contributed by atoms with Crippen molar-refractivity contribution in [1.29, 1.82) is 0 Å². The summed E-state index contributed by atoms with van der Waals surface area (Å²) in [7, 11) is -3.71. The van der Waals surface area contributed by atoms with Crippen molar-refractivity contribution in [3.8, 4) is 0 Å². The van der Waals surface area contributed by atoms with E-state index in [4.69, 9.17) is 9.47 Å². The largest absolute Gasteiger partial charge is 0.449 e. The van der Waals surface area contributed by atoms with E-state index < -0.39 is 28.0 Å². The van der Waals surface area contributed by atoms with Gasteiger partial charge < -0.3 is 14.8 Å². The van der Waals surface area contributed by atoms with Crippen LogP contribution in [-0.2, 0) is 29.1 Å². The Morgan fingerprint density at radius 3 is 2.66 bits per heavy atom. The lowest BCUT2D eigenvalue weighted by Gasteiger charge is -2.26. The van der Waals surface area contributed by atoms with E-state index >= 15 is 0 Å². The number of nitrogens with zero attached hydrogens (tertiary/aromatic N) is 2. The number of ether oxygens (including phenoxy) is 2. The Bertz CT molecular complexity index is 1370. The first kappa shape index (κ1) is 24.5. The number of carbonyl (C=O) groups excluding carboxylic acids is 2. The zero-order valence-corrected chi connectivity index (χ0v) is 19.9. The second-order valence-corrected chi connectivity index (χ2v) is 9.81. The number of morpholine rings is 1. The van der Waals surface area contributed by atoms with E-state index in [0.29, 0.717) is 18.9 Å². The van der Waals surface area contributed by atoms with Gasteiger partial charge in [-0.3, -0.25) is 4.79 Å². The number of benzene rings is 2. The summed E-state index contributed by atoms with van der Waals surface area (Å²) in [4.78, 5) is 29.2. The van der Waals surface area contributed by atoms with Crippen LogP contribution in [-0.4, -0.2) is 62.0 Å². The maximum absolute atomic E-state index is 12.8. The molecule has 2 aromatic carbocycles. The van der Waals surface area contributed by atoms with Crippen LogP contribution in [0.1, 0.15) is 12.6 Å². The van der Waals surface area contributed by atoms with Gasteiger partial charge in [0.25, 0.3) is 5.91 Å². The molecular formula is C25H25N3O6S. The highest BCUT2D eigenvalue weighted by Gasteiger charge is 2.26. The molecule has 2 heterocycles. The van der Waals surface area contributed by atoms with Crippen LogP contribution in [0.2, 0.25) is 0 Å². The smallest absolute Gasteiger partial charge is 0.331 e. The number of rotatable bonds is 7. The zero-order chi connectivity index (χ0) is 24.8. The average Bonchev–Trinajstić information content (AvgIpc) is 2.88. The molecule has 0 radical (unpaired) electrons. The Morgan fingerprint density at radius 1 is 1.09 bits per heavy atom. The lowest BCUT2D eigenvalue weighted by Crippen LogP contribution is -2.40. The number of nitrogens with one attached hydrogen (secondary N) is 1. The highest BCUT2D eigenvalue weighted by Crippen LogP contribution is 2.21. The molecule has 1 aliphatic rings. The minimum atomic E-state index is -3.71. The van der Waals surface area contributed by atoms with E-state index in [-0.39, 0.29) is 23.7 Å². The number of hydrogen-bond donors (Lipinski definition) is 1. The third-order valence-electron chi connectivity index (χ3n) is 5.38. The third kappa shape index (κ3) is 6.10. The van der Waals surface area contributed by atoms with Crippen LogP contribution < -0.4 is 5.32 Å². The number of pyridine rings is 1. The molecule has 1 atom stereocenters. The molecule has 35 heavy (non-hydrogen) atoms. The molecule has 1 fully saturated rings. The maximum Gasteiger partial charge on any atom is 0.331 e. The van der Waals surface area contributed by atoms with Gasteiger partial charge in [0, 0.05) is 30.2 Å². The fourth-order valence-electron chi connectivity index (χ4n) is 3.51. The first-order valence-corrected chi connectivity index (χ1v) is 12.5. The molecule has 0 spiro atoms. The van der Waals surface area contributed by atoms with Gasteiger partial charge in [-0.05, 0) is 43.3 Å². The Kier molecular flexibility index (Phi) is 7.54. The van der Waals surface area contributed by atoms with Crippen LogP contribution in [0.4, 0.5) is 5.69 Å². The summed E-state index contributed by atoms with van der Waals surface area (Å²) in [6.07, 6.45) is 1.62. The first-order chi connectivity index (χ1) is 16.8. The molecule has 1 unspecified atom stereocenters. The van der Waals surface area contributed by atoms with Gasteiger partial charge in [0.05, 0.1) is 29.3 Å².